The second-order valence-corrected chi connectivity index (χ2v) is 11.0. The number of urea groups is 1. The number of likely N-dealkylation sites (N-methyl/N-ethyl adjacent to an activating group) is 1. The minimum atomic E-state index is -0.981. The van der Waals surface area contributed by atoms with Crippen LogP contribution >= 0.6 is 0 Å². The average Bonchev–Trinajstić information content (AvgIpc) is 3.01. The third kappa shape index (κ3) is 7.86. The Kier molecular flexibility index (Phi) is 10.8. The van der Waals surface area contributed by atoms with Crippen molar-refractivity contribution >= 4 is 29.3 Å². The zero-order chi connectivity index (χ0) is 31.8. The summed E-state index contributed by atoms with van der Waals surface area (Å²) in [5, 5.41) is 15.3. The Morgan fingerprint density at radius 1 is 1.00 bits per heavy atom. The van der Waals surface area contributed by atoms with Gasteiger partial charge in [-0.15, -0.1) is 0 Å². The number of rotatable bonds is 7. The van der Waals surface area contributed by atoms with E-state index in [2.05, 4.69) is 22.5 Å². The fourth-order valence-electron chi connectivity index (χ4n) is 5.26. The first-order valence-electron chi connectivity index (χ1n) is 14.4. The lowest BCUT2D eigenvalue weighted by atomic mass is 10.00. The summed E-state index contributed by atoms with van der Waals surface area (Å²) in [6.07, 6.45) is -0.267. The van der Waals surface area contributed by atoms with Crippen molar-refractivity contribution in [2.24, 2.45) is 5.92 Å². The molecule has 0 aliphatic carbocycles. The Balaban J connectivity index is 1.62. The van der Waals surface area contributed by atoms with Gasteiger partial charge in [0.1, 0.15) is 18.1 Å². The SMILES string of the molecule is COc1ccccc1NC(=O)Nc1ccc2c(c1)OC[C@@H](C)N(Cc1ccccc1C(=O)O)C[C@@H](C)[C@H](OC)CN(C)C2=O. The molecule has 4 rings (SSSR count). The number of methoxy groups -OCH3 is 2. The van der Waals surface area contributed by atoms with E-state index in [1.165, 1.54) is 7.11 Å². The monoisotopic (exact) mass is 604 g/mol. The van der Waals surface area contributed by atoms with E-state index in [1.807, 2.05) is 19.1 Å². The molecule has 3 aromatic carbocycles. The highest BCUT2D eigenvalue weighted by Crippen LogP contribution is 2.28. The van der Waals surface area contributed by atoms with Gasteiger partial charge in [0.05, 0.1) is 30.0 Å². The molecule has 3 amide bonds. The number of amides is 3. The van der Waals surface area contributed by atoms with Crippen LogP contribution in [0.4, 0.5) is 16.2 Å². The number of ether oxygens (including phenoxy) is 3. The number of para-hydroxylation sites is 2. The number of carboxylic acid groups (broad SMARTS) is 1. The first-order chi connectivity index (χ1) is 21.1. The molecule has 0 spiro atoms. The van der Waals surface area contributed by atoms with Gasteiger partial charge in [0.15, 0.2) is 0 Å². The van der Waals surface area contributed by atoms with Gasteiger partial charge in [-0.1, -0.05) is 37.3 Å². The van der Waals surface area contributed by atoms with Crippen molar-refractivity contribution in [2.75, 3.05) is 51.6 Å². The van der Waals surface area contributed by atoms with Crippen molar-refractivity contribution in [3.63, 3.8) is 0 Å². The maximum Gasteiger partial charge on any atom is 0.336 e. The van der Waals surface area contributed by atoms with Crippen molar-refractivity contribution < 1.29 is 33.7 Å². The number of aromatic carboxylic acids is 1. The molecule has 1 heterocycles. The van der Waals surface area contributed by atoms with Crippen molar-refractivity contribution in [2.45, 2.75) is 32.5 Å². The topological polar surface area (TPSA) is 130 Å². The highest BCUT2D eigenvalue weighted by atomic mass is 16.5. The number of carboxylic acids is 1. The van der Waals surface area contributed by atoms with E-state index in [0.29, 0.717) is 53.6 Å². The normalized spacial score (nSPS) is 19.5. The van der Waals surface area contributed by atoms with Crippen LogP contribution in [0.5, 0.6) is 11.5 Å². The van der Waals surface area contributed by atoms with Crippen LogP contribution in [-0.2, 0) is 11.3 Å². The molecular formula is C33H40N4O7. The van der Waals surface area contributed by atoms with E-state index >= 15 is 0 Å². The maximum absolute atomic E-state index is 13.6. The summed E-state index contributed by atoms with van der Waals surface area (Å²) >= 11 is 0. The standard InChI is InChI=1S/C33H40N4O7/c1-21-17-37(18-23-10-6-7-11-25(23)32(39)40)22(2)20-44-29-16-24(14-15-26(29)31(38)36(3)19-30(21)43-5)34-33(41)35-27-12-8-9-13-28(27)42-4/h6-16,21-22,30H,17-20H2,1-5H3,(H,39,40)(H2,34,35,41)/t21-,22-,30-/m1/s1. The Morgan fingerprint density at radius 3 is 2.45 bits per heavy atom. The Labute approximate surface area is 257 Å². The summed E-state index contributed by atoms with van der Waals surface area (Å²) in [6.45, 7) is 5.58. The third-order valence-electron chi connectivity index (χ3n) is 7.81. The molecule has 1 aliphatic heterocycles. The number of hydrogen-bond donors (Lipinski definition) is 3. The fourth-order valence-corrected chi connectivity index (χ4v) is 5.26. The number of anilines is 2. The zero-order valence-corrected chi connectivity index (χ0v) is 25.7. The summed E-state index contributed by atoms with van der Waals surface area (Å²) in [5.41, 5.74) is 2.23. The van der Waals surface area contributed by atoms with Crippen LogP contribution in [-0.4, -0.2) is 85.9 Å². The predicted octanol–water partition coefficient (Wildman–Crippen LogP) is 5.04. The minimum Gasteiger partial charge on any atom is -0.495 e. The van der Waals surface area contributed by atoms with Crippen LogP contribution in [0.25, 0.3) is 0 Å². The smallest absolute Gasteiger partial charge is 0.336 e. The number of nitrogens with zero attached hydrogens (tertiary/aromatic N) is 2. The van der Waals surface area contributed by atoms with Gasteiger partial charge in [-0.2, -0.15) is 0 Å². The van der Waals surface area contributed by atoms with E-state index in [1.54, 1.807) is 73.7 Å². The molecule has 234 valence electrons. The molecule has 3 atom stereocenters. The van der Waals surface area contributed by atoms with E-state index in [9.17, 15) is 19.5 Å². The van der Waals surface area contributed by atoms with Gasteiger partial charge in [-0.3, -0.25) is 9.69 Å². The predicted molar refractivity (Wildman–Crippen MR) is 168 cm³/mol. The Hall–Kier alpha value is -4.61. The number of nitrogens with one attached hydrogen (secondary N) is 2. The Bertz CT molecular complexity index is 1480. The number of hydrogen-bond acceptors (Lipinski definition) is 7. The second-order valence-electron chi connectivity index (χ2n) is 11.0. The van der Waals surface area contributed by atoms with Gasteiger partial charge in [0.25, 0.3) is 5.91 Å². The quantitative estimate of drug-likeness (QED) is 0.342. The zero-order valence-electron chi connectivity index (χ0n) is 25.7. The van der Waals surface area contributed by atoms with Gasteiger partial charge >= 0.3 is 12.0 Å². The van der Waals surface area contributed by atoms with E-state index < -0.39 is 12.0 Å². The first-order valence-corrected chi connectivity index (χ1v) is 14.4. The summed E-state index contributed by atoms with van der Waals surface area (Å²) in [6, 6.07) is 18.3. The molecule has 11 heteroatoms. The van der Waals surface area contributed by atoms with Gasteiger partial charge in [-0.25, -0.2) is 9.59 Å². The molecular weight excluding hydrogens is 564 g/mol. The van der Waals surface area contributed by atoms with Gasteiger partial charge in [-0.05, 0) is 48.7 Å². The highest BCUT2D eigenvalue weighted by Gasteiger charge is 2.29. The summed E-state index contributed by atoms with van der Waals surface area (Å²) in [4.78, 5) is 42.1. The Morgan fingerprint density at radius 2 is 1.73 bits per heavy atom. The van der Waals surface area contributed by atoms with E-state index in [4.69, 9.17) is 14.2 Å². The molecule has 11 nitrogen and oxygen atoms in total. The molecule has 44 heavy (non-hydrogen) atoms. The molecule has 1 aliphatic rings. The van der Waals surface area contributed by atoms with Crippen LogP contribution in [0, 0.1) is 5.92 Å². The van der Waals surface area contributed by atoms with Crippen LogP contribution in [0.15, 0.2) is 66.7 Å². The molecule has 0 aromatic heterocycles. The highest BCUT2D eigenvalue weighted by molar-refractivity contribution is 6.02. The molecule has 0 bridgehead atoms. The van der Waals surface area contributed by atoms with Crippen molar-refractivity contribution in [1.82, 2.24) is 9.80 Å². The largest absolute Gasteiger partial charge is 0.495 e. The maximum atomic E-state index is 13.6. The number of benzene rings is 3. The summed E-state index contributed by atoms with van der Waals surface area (Å²) in [7, 11) is 4.87. The third-order valence-corrected chi connectivity index (χ3v) is 7.81. The fraction of sp³-hybridized carbons (Fsp3) is 0.364. The molecule has 0 saturated heterocycles. The number of carbonyl (C=O) groups is 3. The van der Waals surface area contributed by atoms with Crippen LogP contribution in [0.2, 0.25) is 0 Å². The molecule has 0 unspecified atom stereocenters. The van der Waals surface area contributed by atoms with Crippen LogP contribution in [0.3, 0.4) is 0 Å². The van der Waals surface area contributed by atoms with Crippen LogP contribution < -0.4 is 20.1 Å². The average molecular weight is 605 g/mol. The van der Waals surface area contributed by atoms with Crippen molar-refractivity contribution in [1.29, 1.82) is 0 Å². The first kappa shape index (κ1) is 32.3. The molecule has 0 saturated carbocycles. The lowest BCUT2D eigenvalue weighted by Gasteiger charge is -2.36. The van der Waals surface area contributed by atoms with E-state index in [0.717, 1.165) is 0 Å². The van der Waals surface area contributed by atoms with Crippen LogP contribution in [0.1, 0.15) is 40.1 Å². The number of carbonyl (C=O) groups excluding carboxylic acids is 2. The lowest BCUT2D eigenvalue weighted by molar-refractivity contribution is 0.00915. The van der Waals surface area contributed by atoms with Crippen molar-refractivity contribution in [3.05, 3.63) is 83.4 Å². The second kappa shape index (κ2) is 14.7. The number of fused-ring (bicyclic) bond motifs is 1. The molecule has 0 radical (unpaired) electrons. The molecule has 0 fully saturated rings. The van der Waals surface area contributed by atoms with Crippen molar-refractivity contribution in [3.8, 4) is 11.5 Å². The van der Waals surface area contributed by atoms with Gasteiger partial charge in [0, 0.05) is 51.6 Å². The van der Waals surface area contributed by atoms with Gasteiger partial charge in [0.2, 0.25) is 0 Å². The summed E-state index contributed by atoms with van der Waals surface area (Å²) < 4.78 is 17.4. The minimum absolute atomic E-state index is 0.0157. The summed E-state index contributed by atoms with van der Waals surface area (Å²) in [5.74, 6) is -0.366. The lowest BCUT2D eigenvalue weighted by Crippen LogP contribution is -2.46. The van der Waals surface area contributed by atoms with Gasteiger partial charge < -0.3 is 34.9 Å². The van der Waals surface area contributed by atoms with E-state index in [-0.39, 0.29) is 36.1 Å². The molecule has 3 N–H and O–H groups in total. The molecule has 3 aromatic rings.